The molecule has 0 fully saturated rings. The van der Waals surface area contributed by atoms with Crippen LogP contribution >= 0.6 is 7.82 Å². The number of phosphoric acid groups is 1. The minimum atomic E-state index is -5.21. The van der Waals surface area contributed by atoms with E-state index < -0.39 is 37.7 Å². The second kappa shape index (κ2) is 14.3. The first-order chi connectivity index (χ1) is 13.5. The molecule has 0 saturated heterocycles. The van der Waals surface area contributed by atoms with Gasteiger partial charge in [0.05, 0.1) is 12.7 Å². The second-order valence-electron chi connectivity index (χ2n) is 6.44. The Hall–Kier alpha value is -0.840. The second-order valence-corrected chi connectivity index (χ2v) is 7.59. The minimum absolute atomic E-state index is 0. The van der Waals surface area contributed by atoms with Gasteiger partial charge in [-0.1, -0.05) is 48.6 Å². The van der Waals surface area contributed by atoms with Crippen LogP contribution in [-0.2, 0) is 18.6 Å². The number of esters is 1. The molecule has 0 bridgehead atoms. The van der Waals surface area contributed by atoms with Gasteiger partial charge in [0, 0.05) is 18.9 Å². The number of aliphatic hydroxyl groups is 3. The molecular weight excluding hydrogens is 426 g/mol. The van der Waals surface area contributed by atoms with Crippen molar-refractivity contribution in [3.8, 4) is 0 Å². The molecule has 0 aromatic rings. The van der Waals surface area contributed by atoms with Crippen LogP contribution in [0.3, 0.4) is 0 Å². The summed E-state index contributed by atoms with van der Waals surface area (Å²) in [5.74, 6) is -0.541. The molecule has 11 heteroatoms. The molecule has 4 N–H and O–H groups in total. The number of hydrogen-bond acceptors (Lipinski definition) is 8. The molecule has 1 aliphatic heterocycles. The summed E-state index contributed by atoms with van der Waals surface area (Å²) in [4.78, 5) is 31.5. The zero-order valence-corrected chi connectivity index (χ0v) is 19.8. The van der Waals surface area contributed by atoms with E-state index in [1.165, 1.54) is 43.4 Å². The maximum atomic E-state index is 11.2. The Kier molecular flexibility index (Phi) is 13.9. The number of cyclic esters (lactones) is 1. The van der Waals surface area contributed by atoms with Gasteiger partial charge in [0.15, 0.2) is 0 Å². The van der Waals surface area contributed by atoms with Gasteiger partial charge in [-0.3, -0.25) is 4.57 Å². The van der Waals surface area contributed by atoms with E-state index in [4.69, 9.17) is 14.7 Å². The van der Waals surface area contributed by atoms with Gasteiger partial charge in [0.1, 0.15) is 17.8 Å². The van der Waals surface area contributed by atoms with Crippen molar-refractivity contribution in [3.63, 3.8) is 0 Å². The predicted octanol–water partition coefficient (Wildman–Crippen LogP) is -2.57. The fourth-order valence-electron chi connectivity index (χ4n) is 2.37. The SMILES string of the molecule is CC(O)(/C=C/C1CC=CC(=O)O1)C(CC(O)/C=C/C=C/C=C/CO)OP(=O)([O-])O.[Na+]. The molecule has 0 radical (unpaired) electrons. The molecule has 1 rings (SSSR count). The topological polar surface area (TPSA) is 157 Å². The third-order valence-electron chi connectivity index (χ3n) is 3.81. The first kappa shape index (κ1) is 29.2. The Morgan fingerprint density at radius 1 is 1.40 bits per heavy atom. The van der Waals surface area contributed by atoms with Gasteiger partial charge in [0.2, 0.25) is 0 Å². The van der Waals surface area contributed by atoms with Gasteiger partial charge >= 0.3 is 35.5 Å². The summed E-state index contributed by atoms with van der Waals surface area (Å²) in [6, 6.07) is 0. The van der Waals surface area contributed by atoms with Crippen molar-refractivity contribution in [3.05, 3.63) is 60.8 Å². The molecule has 0 spiro atoms. The summed E-state index contributed by atoms with van der Waals surface area (Å²) in [5.41, 5.74) is -1.91. The average molecular weight is 452 g/mol. The first-order valence-electron chi connectivity index (χ1n) is 8.83. The molecule has 0 saturated carbocycles. The zero-order chi connectivity index (χ0) is 21.9. The molecule has 1 heterocycles. The minimum Gasteiger partial charge on any atom is -0.756 e. The molecule has 5 unspecified atom stereocenters. The van der Waals surface area contributed by atoms with Crippen LogP contribution in [0, 0.1) is 0 Å². The smallest absolute Gasteiger partial charge is 0.756 e. The van der Waals surface area contributed by atoms with Gasteiger partial charge in [-0.15, -0.1) is 0 Å². The van der Waals surface area contributed by atoms with Crippen LogP contribution in [0.1, 0.15) is 19.8 Å². The van der Waals surface area contributed by atoms with Crippen molar-refractivity contribution < 1.29 is 73.3 Å². The number of phosphoric ester groups is 1. The molecule has 30 heavy (non-hydrogen) atoms. The Balaban J connectivity index is 0.00000841. The number of carbonyl (C=O) groups is 1. The van der Waals surface area contributed by atoms with Gasteiger partial charge in [0.25, 0.3) is 7.82 Å². The molecule has 9 nitrogen and oxygen atoms in total. The summed E-state index contributed by atoms with van der Waals surface area (Å²) in [6.45, 7) is 1.13. The Morgan fingerprint density at radius 3 is 2.67 bits per heavy atom. The maximum Gasteiger partial charge on any atom is 1.00 e. The van der Waals surface area contributed by atoms with E-state index in [1.54, 1.807) is 24.3 Å². The van der Waals surface area contributed by atoms with Gasteiger partial charge < -0.3 is 34.4 Å². The van der Waals surface area contributed by atoms with Crippen LogP contribution < -0.4 is 34.5 Å². The van der Waals surface area contributed by atoms with Crippen molar-refractivity contribution in [1.82, 2.24) is 0 Å². The number of ether oxygens (including phenoxy) is 1. The van der Waals surface area contributed by atoms with Crippen LogP contribution in [0.4, 0.5) is 0 Å². The van der Waals surface area contributed by atoms with E-state index in [-0.39, 0.29) is 42.6 Å². The molecule has 5 atom stereocenters. The van der Waals surface area contributed by atoms with E-state index in [1.807, 2.05) is 0 Å². The Labute approximate surface area is 197 Å². The van der Waals surface area contributed by atoms with E-state index in [9.17, 15) is 24.5 Å². The van der Waals surface area contributed by atoms with Crippen LogP contribution in [-0.4, -0.2) is 56.7 Å². The fraction of sp³-hybridized carbons (Fsp3) is 0.421. The van der Waals surface area contributed by atoms with Crippen molar-refractivity contribution in [1.29, 1.82) is 0 Å². The van der Waals surface area contributed by atoms with Crippen molar-refractivity contribution in [2.75, 3.05) is 6.61 Å². The van der Waals surface area contributed by atoms with Crippen LogP contribution in [0.25, 0.3) is 0 Å². The summed E-state index contributed by atoms with van der Waals surface area (Å²) < 4.78 is 20.8. The number of hydrogen-bond donors (Lipinski definition) is 4. The molecule has 0 aromatic carbocycles. The van der Waals surface area contributed by atoms with Crippen molar-refractivity contribution in [2.45, 2.75) is 43.7 Å². The van der Waals surface area contributed by atoms with Gasteiger partial charge in [-0.2, -0.15) is 0 Å². The van der Waals surface area contributed by atoms with Crippen molar-refractivity contribution >= 4 is 13.8 Å². The molecule has 0 aliphatic carbocycles. The van der Waals surface area contributed by atoms with Crippen LogP contribution in [0.2, 0.25) is 0 Å². The van der Waals surface area contributed by atoms with Crippen LogP contribution in [0.15, 0.2) is 60.8 Å². The van der Waals surface area contributed by atoms with E-state index >= 15 is 0 Å². The summed E-state index contributed by atoms with van der Waals surface area (Å²) in [7, 11) is -5.21. The molecular formula is C19H26NaO9P. The largest absolute Gasteiger partial charge is 1.00 e. The Morgan fingerprint density at radius 2 is 2.07 bits per heavy atom. The standard InChI is InChI=1S/C19H27O9P.Na/c1-19(23,12-11-16-9-7-10-18(22)27-16)17(28-29(24,25)26)14-15(21)8-5-3-2-4-6-13-20;/h2-8,10-12,15-17,20-21,23H,9,13-14H2,1H3,(H2,24,25,26);/q;+1/p-1/b3-2+,6-4+,8-5+,12-11+;. The van der Waals surface area contributed by atoms with E-state index in [2.05, 4.69) is 4.52 Å². The molecule has 162 valence electrons. The Bertz CT molecular complexity index is 722. The number of carbonyl (C=O) groups excluding carboxylic acids is 1. The summed E-state index contributed by atoms with van der Waals surface area (Å²) in [6.07, 6.45) is 11.2. The fourth-order valence-corrected chi connectivity index (χ4v) is 2.99. The summed E-state index contributed by atoms with van der Waals surface area (Å²) >= 11 is 0. The number of rotatable bonds is 11. The molecule has 1 aliphatic rings. The number of aliphatic hydroxyl groups excluding tert-OH is 2. The van der Waals surface area contributed by atoms with E-state index in [0.717, 1.165) is 0 Å². The monoisotopic (exact) mass is 452 g/mol. The van der Waals surface area contributed by atoms with Crippen molar-refractivity contribution in [2.24, 2.45) is 0 Å². The predicted molar refractivity (Wildman–Crippen MR) is 103 cm³/mol. The number of allylic oxidation sites excluding steroid dienone is 4. The average Bonchev–Trinajstić information content (AvgIpc) is 2.61. The maximum absolute atomic E-state index is 11.2. The van der Waals surface area contributed by atoms with Crippen LogP contribution in [0.5, 0.6) is 0 Å². The van der Waals surface area contributed by atoms with Gasteiger partial charge in [-0.25, -0.2) is 4.79 Å². The molecule has 0 amide bonds. The zero-order valence-electron chi connectivity index (χ0n) is 16.9. The summed E-state index contributed by atoms with van der Waals surface area (Å²) in [5, 5.41) is 29.3. The normalized spacial score (nSPS) is 23.4. The molecule has 0 aromatic heterocycles. The first-order valence-corrected chi connectivity index (χ1v) is 10.3. The third kappa shape index (κ3) is 12.8. The van der Waals surface area contributed by atoms with E-state index in [0.29, 0.717) is 6.42 Å². The quantitative estimate of drug-likeness (QED) is 0.0870. The van der Waals surface area contributed by atoms with Gasteiger partial charge in [-0.05, 0) is 13.0 Å². The third-order valence-corrected chi connectivity index (χ3v) is 4.34.